The van der Waals surface area contributed by atoms with Gasteiger partial charge in [0.2, 0.25) is 5.91 Å². The number of amides is 2. The molecule has 13 nitrogen and oxygen atoms in total. The van der Waals surface area contributed by atoms with Crippen LogP contribution in [0.4, 0.5) is 18.9 Å². The predicted molar refractivity (Wildman–Crippen MR) is 167 cm³/mol. The number of carboxylic acid groups (broad SMARTS) is 1. The highest BCUT2D eigenvalue weighted by atomic mass is 32.2. The highest BCUT2D eigenvalue weighted by Gasteiger charge is 2.38. The fourth-order valence-corrected chi connectivity index (χ4v) is 5.93. The van der Waals surface area contributed by atoms with Crippen LogP contribution in [-0.2, 0) is 32.4 Å². The number of hydrogen-bond acceptors (Lipinski definition) is 8. The van der Waals surface area contributed by atoms with Gasteiger partial charge in [0.25, 0.3) is 5.91 Å². The quantitative estimate of drug-likeness (QED) is 0.274. The molecule has 0 saturated carbocycles. The SMILES string of the molecule is CCCN(Cc1nccn1-c1ccc(N2CCc3c(S(C)(=O)=O)nn(-c4ccc(OC)cc4)c3C2=O)cc1)C(C)=O.O=C(O)C(F)(F)F. The lowest BCUT2D eigenvalue weighted by Gasteiger charge is -2.28. The van der Waals surface area contributed by atoms with Gasteiger partial charge in [-0.25, -0.2) is 22.9 Å². The van der Waals surface area contributed by atoms with Crippen molar-refractivity contribution in [3.05, 3.63) is 78.0 Å². The van der Waals surface area contributed by atoms with Crippen LogP contribution in [0.2, 0.25) is 0 Å². The minimum atomic E-state index is -5.08. The van der Waals surface area contributed by atoms with E-state index in [9.17, 15) is 31.2 Å². The van der Waals surface area contributed by atoms with Gasteiger partial charge in [0.05, 0.1) is 19.3 Å². The average Bonchev–Trinajstić information content (AvgIpc) is 3.67. The van der Waals surface area contributed by atoms with Gasteiger partial charge in [0.15, 0.2) is 14.9 Å². The highest BCUT2D eigenvalue weighted by molar-refractivity contribution is 7.90. The summed E-state index contributed by atoms with van der Waals surface area (Å²) < 4.78 is 65.4. The molecule has 0 radical (unpaired) electrons. The summed E-state index contributed by atoms with van der Waals surface area (Å²) in [6.45, 7) is 4.93. The number of benzene rings is 2. The van der Waals surface area contributed by atoms with Gasteiger partial charge in [-0.15, -0.1) is 0 Å². The van der Waals surface area contributed by atoms with Crippen molar-refractivity contribution in [2.45, 2.75) is 44.4 Å². The standard InChI is InChI=1S/C29H32N6O5S.C2HF3O2/c1-5-16-32(20(2)36)19-26-30-15-18-33(26)21-6-8-22(9-7-21)34-17-14-25-27(29(34)37)35(31-28(25)41(4,38)39)23-10-12-24(40-3)13-11-23;3-2(4,5)1(6)7/h6-13,15,18H,5,14,16-17,19H2,1-4H3;(H,6,7). The predicted octanol–water partition coefficient (Wildman–Crippen LogP) is 4.06. The van der Waals surface area contributed by atoms with Crippen LogP contribution in [0.1, 0.15) is 42.1 Å². The largest absolute Gasteiger partial charge is 0.497 e. The van der Waals surface area contributed by atoms with Gasteiger partial charge < -0.3 is 24.2 Å². The van der Waals surface area contributed by atoms with Gasteiger partial charge in [0.1, 0.15) is 17.3 Å². The first-order valence-electron chi connectivity index (χ1n) is 14.5. The molecule has 0 bridgehead atoms. The van der Waals surface area contributed by atoms with Crippen molar-refractivity contribution in [3.8, 4) is 17.1 Å². The zero-order valence-corrected chi connectivity index (χ0v) is 27.2. The summed E-state index contributed by atoms with van der Waals surface area (Å²) in [6.07, 6.45) is 0.747. The van der Waals surface area contributed by atoms with Crippen LogP contribution in [0.15, 0.2) is 66.0 Å². The van der Waals surface area contributed by atoms with E-state index in [-0.39, 0.29) is 22.5 Å². The highest BCUT2D eigenvalue weighted by Crippen LogP contribution is 2.31. The van der Waals surface area contributed by atoms with E-state index >= 15 is 0 Å². The smallest absolute Gasteiger partial charge is 0.490 e. The maximum atomic E-state index is 13.9. The fraction of sp³-hybridized carbons (Fsp3) is 0.323. The number of carboxylic acids is 1. The number of methoxy groups -OCH3 is 1. The monoisotopic (exact) mass is 690 g/mol. The Kier molecular flexibility index (Phi) is 10.6. The van der Waals surface area contributed by atoms with Gasteiger partial charge in [0, 0.05) is 55.6 Å². The van der Waals surface area contributed by atoms with Crippen LogP contribution in [0.5, 0.6) is 5.75 Å². The van der Waals surface area contributed by atoms with Crippen molar-refractivity contribution in [1.82, 2.24) is 24.2 Å². The molecule has 17 heteroatoms. The van der Waals surface area contributed by atoms with Crippen LogP contribution in [0, 0.1) is 0 Å². The molecular weight excluding hydrogens is 657 g/mol. The van der Waals surface area contributed by atoms with E-state index in [4.69, 9.17) is 14.6 Å². The summed E-state index contributed by atoms with van der Waals surface area (Å²) in [4.78, 5) is 42.7. The van der Waals surface area contributed by atoms with E-state index in [1.54, 1.807) is 54.3 Å². The Morgan fingerprint density at radius 2 is 1.62 bits per heavy atom. The molecule has 256 valence electrons. The number of carbonyl (C=O) groups is 3. The molecule has 1 N–H and O–H groups in total. The molecule has 1 aliphatic heterocycles. The van der Waals surface area contributed by atoms with Crippen molar-refractivity contribution in [3.63, 3.8) is 0 Å². The van der Waals surface area contributed by atoms with Gasteiger partial charge in [-0.05, 0) is 61.4 Å². The number of hydrogen-bond donors (Lipinski definition) is 1. The average molecular weight is 691 g/mol. The van der Waals surface area contributed by atoms with E-state index in [0.717, 1.165) is 24.2 Å². The first kappa shape index (κ1) is 35.7. The number of fused-ring (bicyclic) bond motifs is 1. The Hall–Kier alpha value is -5.19. The number of aliphatic carboxylic acids is 1. The fourth-order valence-electron chi connectivity index (χ4n) is 5.05. The van der Waals surface area contributed by atoms with Crippen LogP contribution in [0.3, 0.4) is 0 Å². The zero-order chi connectivity index (χ0) is 35.4. The lowest BCUT2D eigenvalue weighted by Crippen LogP contribution is -2.39. The number of halogens is 3. The van der Waals surface area contributed by atoms with E-state index in [0.29, 0.717) is 48.7 Å². The molecule has 5 rings (SSSR count). The third kappa shape index (κ3) is 7.84. The second kappa shape index (κ2) is 14.3. The lowest BCUT2D eigenvalue weighted by atomic mass is 10.1. The minimum absolute atomic E-state index is 0.00682. The van der Waals surface area contributed by atoms with Crippen LogP contribution < -0.4 is 9.64 Å². The summed E-state index contributed by atoms with van der Waals surface area (Å²) in [5.41, 5.74) is 2.71. The number of ether oxygens (including phenoxy) is 1. The van der Waals surface area contributed by atoms with Crippen LogP contribution in [0.25, 0.3) is 11.4 Å². The van der Waals surface area contributed by atoms with Crippen molar-refractivity contribution < 1.29 is 45.8 Å². The number of carbonyl (C=O) groups excluding carboxylic acids is 2. The normalized spacial score (nSPS) is 13.0. The molecule has 4 aromatic rings. The van der Waals surface area contributed by atoms with Gasteiger partial charge in [-0.3, -0.25) is 9.59 Å². The summed E-state index contributed by atoms with van der Waals surface area (Å²) in [5, 5.41) is 11.4. The maximum Gasteiger partial charge on any atom is 0.490 e. The Morgan fingerprint density at radius 1 is 1.04 bits per heavy atom. The molecule has 0 spiro atoms. The molecule has 0 unspecified atom stereocenters. The summed E-state index contributed by atoms with van der Waals surface area (Å²) in [5.74, 6) is -1.74. The number of imidazole rings is 1. The Balaban J connectivity index is 0.000000671. The Morgan fingerprint density at radius 3 is 2.15 bits per heavy atom. The number of rotatable bonds is 9. The van der Waals surface area contributed by atoms with Gasteiger partial charge in [-0.2, -0.15) is 18.3 Å². The topological polar surface area (TPSA) is 157 Å². The van der Waals surface area contributed by atoms with E-state index in [2.05, 4.69) is 10.1 Å². The van der Waals surface area contributed by atoms with Crippen molar-refractivity contribution in [2.24, 2.45) is 0 Å². The Bertz CT molecular complexity index is 1900. The van der Waals surface area contributed by atoms with Crippen molar-refractivity contribution in [1.29, 1.82) is 0 Å². The third-order valence-electron chi connectivity index (χ3n) is 7.32. The molecule has 0 fully saturated rings. The Labute approximate surface area is 274 Å². The summed E-state index contributed by atoms with van der Waals surface area (Å²) >= 11 is 0. The molecule has 1 aliphatic rings. The molecule has 0 atom stereocenters. The number of aromatic nitrogens is 4. The van der Waals surface area contributed by atoms with E-state index in [1.165, 1.54) is 4.68 Å². The number of alkyl halides is 3. The second-order valence-electron chi connectivity index (χ2n) is 10.7. The molecule has 0 saturated heterocycles. The number of anilines is 1. The van der Waals surface area contributed by atoms with Crippen molar-refractivity contribution in [2.75, 3.05) is 31.4 Å². The van der Waals surface area contributed by atoms with Crippen LogP contribution in [-0.4, -0.2) is 88.2 Å². The molecule has 2 aromatic heterocycles. The van der Waals surface area contributed by atoms with Gasteiger partial charge in [-0.1, -0.05) is 6.92 Å². The van der Waals surface area contributed by atoms with E-state index < -0.39 is 22.0 Å². The minimum Gasteiger partial charge on any atom is -0.497 e. The maximum absolute atomic E-state index is 13.9. The molecule has 2 aromatic carbocycles. The molecular formula is C31H33F3N6O7S. The first-order chi connectivity index (χ1) is 22.6. The zero-order valence-electron chi connectivity index (χ0n) is 26.4. The first-order valence-corrected chi connectivity index (χ1v) is 16.4. The molecule has 48 heavy (non-hydrogen) atoms. The summed E-state index contributed by atoms with van der Waals surface area (Å²) in [7, 11) is -2.11. The second-order valence-corrected chi connectivity index (χ2v) is 12.6. The molecule has 0 aliphatic carbocycles. The molecule has 2 amide bonds. The third-order valence-corrected chi connectivity index (χ3v) is 8.35. The number of nitrogens with zero attached hydrogens (tertiary/aromatic N) is 6. The lowest BCUT2D eigenvalue weighted by molar-refractivity contribution is -0.192. The number of sulfone groups is 1. The van der Waals surface area contributed by atoms with Crippen LogP contribution >= 0.6 is 0 Å². The van der Waals surface area contributed by atoms with E-state index in [1.807, 2.05) is 42.0 Å². The summed E-state index contributed by atoms with van der Waals surface area (Å²) in [6, 6.07) is 14.4. The molecule has 3 heterocycles. The van der Waals surface area contributed by atoms with Crippen molar-refractivity contribution >= 4 is 33.3 Å². The van der Waals surface area contributed by atoms with Gasteiger partial charge >= 0.3 is 12.1 Å².